The van der Waals surface area contributed by atoms with Crippen molar-refractivity contribution >= 4 is 17.6 Å². The van der Waals surface area contributed by atoms with Gasteiger partial charge in [-0.3, -0.25) is 4.79 Å². The molecule has 0 bridgehead atoms. The summed E-state index contributed by atoms with van der Waals surface area (Å²) in [6.45, 7) is 2.36. The Bertz CT molecular complexity index is 313. The predicted molar refractivity (Wildman–Crippen MR) is 59.2 cm³/mol. The van der Waals surface area contributed by atoms with Crippen LogP contribution in [0.15, 0.2) is 11.4 Å². The minimum Gasteiger partial charge on any atom is -0.306 e. The maximum atomic E-state index is 10.6. The molecule has 1 aliphatic heterocycles. The van der Waals surface area contributed by atoms with E-state index in [-0.39, 0.29) is 0 Å². The predicted octanol–water partition coefficient (Wildman–Crippen LogP) is 2.37. The first-order chi connectivity index (χ1) is 6.79. The monoisotopic (exact) mass is 209 g/mol. The summed E-state index contributed by atoms with van der Waals surface area (Å²) < 4.78 is 0. The van der Waals surface area contributed by atoms with E-state index in [1.54, 1.807) is 11.3 Å². The zero-order chi connectivity index (χ0) is 9.97. The van der Waals surface area contributed by atoms with Gasteiger partial charge in [-0.25, -0.2) is 0 Å². The van der Waals surface area contributed by atoms with Crippen molar-refractivity contribution in [3.63, 3.8) is 0 Å². The summed E-state index contributed by atoms with van der Waals surface area (Å²) in [6, 6.07) is 2.05. The zero-order valence-corrected chi connectivity index (χ0v) is 9.22. The molecular formula is C11H15NOS. The van der Waals surface area contributed by atoms with E-state index in [1.165, 1.54) is 30.8 Å². The Morgan fingerprint density at radius 2 is 2.21 bits per heavy atom. The molecule has 0 radical (unpaired) electrons. The van der Waals surface area contributed by atoms with Crippen LogP contribution in [-0.2, 0) is 0 Å². The second-order valence-electron chi connectivity index (χ2n) is 3.98. The normalized spacial score (nSPS) is 19.8. The van der Waals surface area contributed by atoms with E-state index in [9.17, 15) is 4.79 Å². The van der Waals surface area contributed by atoms with Crippen LogP contribution >= 0.6 is 11.3 Å². The van der Waals surface area contributed by atoms with Crippen LogP contribution in [-0.4, -0.2) is 31.3 Å². The van der Waals surface area contributed by atoms with E-state index in [0.717, 1.165) is 11.8 Å². The van der Waals surface area contributed by atoms with Crippen LogP contribution in [0.3, 0.4) is 0 Å². The Hall–Kier alpha value is -0.670. The molecule has 0 N–H and O–H groups in total. The number of aldehydes is 1. The van der Waals surface area contributed by atoms with Crippen molar-refractivity contribution in [2.75, 3.05) is 20.1 Å². The van der Waals surface area contributed by atoms with E-state index in [2.05, 4.69) is 11.9 Å². The number of rotatable bonds is 2. The molecule has 1 aromatic heterocycles. The van der Waals surface area contributed by atoms with Gasteiger partial charge in [-0.15, -0.1) is 11.3 Å². The molecule has 1 fully saturated rings. The Balaban J connectivity index is 2.04. The third-order valence-corrected chi connectivity index (χ3v) is 4.01. The van der Waals surface area contributed by atoms with Crippen molar-refractivity contribution in [3.8, 4) is 0 Å². The average molecular weight is 209 g/mol. The highest BCUT2D eigenvalue weighted by Crippen LogP contribution is 2.31. The van der Waals surface area contributed by atoms with Crippen LogP contribution in [0.4, 0.5) is 0 Å². The summed E-state index contributed by atoms with van der Waals surface area (Å²) >= 11 is 1.73. The highest BCUT2D eigenvalue weighted by atomic mass is 32.1. The lowest BCUT2D eigenvalue weighted by Gasteiger charge is -2.28. The zero-order valence-electron chi connectivity index (χ0n) is 8.40. The van der Waals surface area contributed by atoms with Gasteiger partial charge in [0.25, 0.3) is 0 Å². The number of carbonyl (C=O) groups excluding carboxylic acids is 1. The number of nitrogens with zero attached hydrogens (tertiary/aromatic N) is 1. The molecule has 0 aliphatic carbocycles. The van der Waals surface area contributed by atoms with Gasteiger partial charge in [0.1, 0.15) is 0 Å². The topological polar surface area (TPSA) is 20.3 Å². The lowest BCUT2D eigenvalue weighted by molar-refractivity contribution is 0.112. The van der Waals surface area contributed by atoms with Gasteiger partial charge in [0.05, 0.1) is 0 Å². The SMILES string of the molecule is CN1CCC(c2cc(C=O)cs2)CC1. The van der Waals surface area contributed by atoms with Gasteiger partial charge in [0.15, 0.2) is 6.29 Å². The molecule has 2 rings (SSSR count). The molecule has 0 amide bonds. The minimum absolute atomic E-state index is 0.685. The molecule has 0 spiro atoms. The van der Waals surface area contributed by atoms with Gasteiger partial charge in [-0.1, -0.05) is 0 Å². The fourth-order valence-corrected chi connectivity index (χ4v) is 2.97. The van der Waals surface area contributed by atoms with Crippen molar-refractivity contribution < 1.29 is 4.79 Å². The second kappa shape index (κ2) is 4.24. The lowest BCUT2D eigenvalue weighted by atomic mass is 9.95. The molecule has 14 heavy (non-hydrogen) atoms. The third kappa shape index (κ3) is 2.04. The van der Waals surface area contributed by atoms with E-state index in [1.807, 2.05) is 11.4 Å². The van der Waals surface area contributed by atoms with Gasteiger partial charge in [0.2, 0.25) is 0 Å². The van der Waals surface area contributed by atoms with Gasteiger partial charge in [-0.05, 0) is 45.0 Å². The van der Waals surface area contributed by atoms with Crippen molar-refractivity contribution in [2.24, 2.45) is 0 Å². The summed E-state index contributed by atoms with van der Waals surface area (Å²) in [5, 5.41) is 1.96. The summed E-state index contributed by atoms with van der Waals surface area (Å²) in [6.07, 6.45) is 3.40. The smallest absolute Gasteiger partial charge is 0.150 e. The lowest BCUT2D eigenvalue weighted by Crippen LogP contribution is -2.28. The fraction of sp³-hybridized carbons (Fsp3) is 0.545. The molecular weight excluding hydrogens is 194 g/mol. The quantitative estimate of drug-likeness (QED) is 0.697. The Morgan fingerprint density at radius 1 is 1.50 bits per heavy atom. The number of hydrogen-bond donors (Lipinski definition) is 0. The first kappa shape index (κ1) is 9.87. The molecule has 0 atom stereocenters. The van der Waals surface area contributed by atoms with Crippen LogP contribution in [0.2, 0.25) is 0 Å². The molecule has 0 unspecified atom stereocenters. The molecule has 1 aliphatic rings. The standard InChI is InChI=1S/C11H15NOS/c1-12-4-2-10(3-5-12)11-6-9(7-13)8-14-11/h6-8,10H,2-5H2,1H3. The molecule has 0 saturated carbocycles. The summed E-state index contributed by atoms with van der Waals surface area (Å²) in [5.74, 6) is 0.685. The van der Waals surface area contributed by atoms with Crippen LogP contribution < -0.4 is 0 Å². The first-order valence-electron chi connectivity index (χ1n) is 5.02. The molecule has 1 saturated heterocycles. The number of piperidine rings is 1. The van der Waals surface area contributed by atoms with Crippen LogP contribution in [0.1, 0.15) is 34.0 Å². The number of likely N-dealkylation sites (tertiary alicyclic amines) is 1. The first-order valence-corrected chi connectivity index (χ1v) is 5.89. The Kier molecular flexibility index (Phi) is 2.99. The van der Waals surface area contributed by atoms with E-state index in [4.69, 9.17) is 0 Å². The number of carbonyl (C=O) groups is 1. The van der Waals surface area contributed by atoms with Crippen molar-refractivity contribution in [1.29, 1.82) is 0 Å². The average Bonchev–Trinajstić information content (AvgIpc) is 2.67. The fourth-order valence-electron chi connectivity index (χ4n) is 1.94. The Labute approximate surface area is 88.5 Å². The second-order valence-corrected chi connectivity index (χ2v) is 4.92. The minimum atomic E-state index is 0.685. The summed E-state index contributed by atoms with van der Waals surface area (Å²) in [4.78, 5) is 14.3. The molecule has 0 aromatic carbocycles. The maximum Gasteiger partial charge on any atom is 0.150 e. The van der Waals surface area contributed by atoms with E-state index < -0.39 is 0 Å². The van der Waals surface area contributed by atoms with Gasteiger partial charge in [-0.2, -0.15) is 0 Å². The maximum absolute atomic E-state index is 10.6. The summed E-state index contributed by atoms with van der Waals surface area (Å²) in [5.41, 5.74) is 0.837. The van der Waals surface area contributed by atoms with Crippen LogP contribution in [0.25, 0.3) is 0 Å². The van der Waals surface area contributed by atoms with Crippen molar-refractivity contribution in [1.82, 2.24) is 4.90 Å². The highest BCUT2D eigenvalue weighted by molar-refractivity contribution is 7.10. The molecule has 3 heteroatoms. The van der Waals surface area contributed by atoms with Crippen molar-refractivity contribution in [2.45, 2.75) is 18.8 Å². The van der Waals surface area contributed by atoms with Crippen LogP contribution in [0, 0.1) is 0 Å². The van der Waals surface area contributed by atoms with Crippen molar-refractivity contribution in [3.05, 3.63) is 21.9 Å². The van der Waals surface area contributed by atoms with Gasteiger partial charge >= 0.3 is 0 Å². The number of hydrogen-bond acceptors (Lipinski definition) is 3. The van der Waals surface area contributed by atoms with Gasteiger partial charge < -0.3 is 4.90 Å². The molecule has 2 heterocycles. The molecule has 1 aromatic rings. The Morgan fingerprint density at radius 3 is 2.79 bits per heavy atom. The van der Waals surface area contributed by atoms with Crippen LogP contribution in [0.5, 0.6) is 0 Å². The largest absolute Gasteiger partial charge is 0.306 e. The van der Waals surface area contributed by atoms with Gasteiger partial charge in [0, 0.05) is 15.8 Å². The molecule has 76 valence electrons. The third-order valence-electron chi connectivity index (χ3n) is 2.90. The van der Waals surface area contributed by atoms with E-state index >= 15 is 0 Å². The number of thiophene rings is 1. The molecule has 2 nitrogen and oxygen atoms in total. The highest BCUT2D eigenvalue weighted by Gasteiger charge is 2.19. The summed E-state index contributed by atoms with van der Waals surface area (Å²) in [7, 11) is 2.17. The van der Waals surface area contributed by atoms with E-state index in [0.29, 0.717) is 5.92 Å².